The van der Waals surface area contributed by atoms with E-state index in [0.29, 0.717) is 19.4 Å². The molecule has 1 rings (SSSR count). The molecular weight excluding hydrogens is 226 g/mol. The Balaban J connectivity index is 2.53. The quantitative estimate of drug-likeness (QED) is 0.783. The van der Waals surface area contributed by atoms with E-state index in [4.69, 9.17) is 10.5 Å². The summed E-state index contributed by atoms with van der Waals surface area (Å²) in [6.45, 7) is 6.27. The second-order valence-electron chi connectivity index (χ2n) is 5.05. The topological polar surface area (TPSA) is 55.5 Å². The Morgan fingerprint density at radius 3 is 2.22 bits per heavy atom. The minimum Gasteiger partial charge on any atom is -0.491 e. The van der Waals surface area contributed by atoms with Crippen molar-refractivity contribution in [1.82, 2.24) is 0 Å². The molecule has 0 radical (unpaired) electrons. The van der Waals surface area contributed by atoms with Gasteiger partial charge < -0.3 is 15.6 Å². The summed E-state index contributed by atoms with van der Waals surface area (Å²) < 4.78 is 5.63. The Labute approximate surface area is 110 Å². The molecule has 3 N–H and O–H groups in total. The van der Waals surface area contributed by atoms with E-state index >= 15 is 0 Å². The third kappa shape index (κ3) is 4.67. The molecule has 0 aliphatic carbocycles. The zero-order valence-electron chi connectivity index (χ0n) is 11.6. The van der Waals surface area contributed by atoms with Crippen molar-refractivity contribution in [2.24, 2.45) is 5.73 Å². The summed E-state index contributed by atoms with van der Waals surface area (Å²) in [7, 11) is 0. The fraction of sp³-hybridized carbons (Fsp3) is 0.600. The van der Waals surface area contributed by atoms with Crippen LogP contribution in [0.2, 0.25) is 0 Å². The van der Waals surface area contributed by atoms with Crippen LogP contribution in [0, 0.1) is 0 Å². The lowest BCUT2D eigenvalue weighted by atomic mass is 9.99. The van der Waals surface area contributed by atoms with Gasteiger partial charge in [-0.1, -0.05) is 26.0 Å². The second-order valence-corrected chi connectivity index (χ2v) is 5.05. The molecule has 3 nitrogen and oxygen atoms in total. The number of aliphatic hydroxyl groups is 1. The van der Waals surface area contributed by atoms with Crippen LogP contribution < -0.4 is 10.5 Å². The number of rotatable bonds is 7. The van der Waals surface area contributed by atoms with Crippen LogP contribution in [0.1, 0.15) is 39.2 Å². The van der Waals surface area contributed by atoms with Gasteiger partial charge in [-0.2, -0.15) is 0 Å². The maximum absolute atomic E-state index is 10.1. The van der Waals surface area contributed by atoms with Crippen molar-refractivity contribution in [3.63, 3.8) is 0 Å². The zero-order chi connectivity index (χ0) is 13.6. The minimum absolute atomic E-state index is 0.169. The van der Waals surface area contributed by atoms with E-state index in [9.17, 15) is 5.11 Å². The van der Waals surface area contributed by atoms with Crippen molar-refractivity contribution in [3.8, 4) is 5.75 Å². The molecule has 1 aromatic carbocycles. The summed E-state index contributed by atoms with van der Waals surface area (Å²) in [6.07, 6.45) is 2.27. The predicted molar refractivity (Wildman–Crippen MR) is 74.8 cm³/mol. The molecule has 0 heterocycles. The van der Waals surface area contributed by atoms with Crippen molar-refractivity contribution >= 4 is 0 Å². The van der Waals surface area contributed by atoms with Crippen LogP contribution >= 0.6 is 0 Å². The van der Waals surface area contributed by atoms with Crippen LogP contribution in [-0.2, 0) is 6.42 Å². The number of benzene rings is 1. The summed E-state index contributed by atoms with van der Waals surface area (Å²) in [6, 6.07) is 8.08. The van der Waals surface area contributed by atoms with Crippen LogP contribution in [0.15, 0.2) is 24.3 Å². The molecule has 0 saturated heterocycles. The molecule has 0 aliphatic rings. The monoisotopic (exact) mass is 251 g/mol. The van der Waals surface area contributed by atoms with E-state index in [-0.39, 0.29) is 6.04 Å². The lowest BCUT2D eigenvalue weighted by molar-refractivity contribution is -0.0113. The zero-order valence-corrected chi connectivity index (χ0v) is 11.6. The van der Waals surface area contributed by atoms with Gasteiger partial charge in [0, 0.05) is 6.04 Å². The fourth-order valence-corrected chi connectivity index (χ4v) is 1.77. The van der Waals surface area contributed by atoms with Gasteiger partial charge in [0.2, 0.25) is 0 Å². The van der Waals surface area contributed by atoms with Crippen molar-refractivity contribution in [2.75, 3.05) is 6.61 Å². The van der Waals surface area contributed by atoms with E-state index in [1.807, 2.05) is 45.0 Å². The summed E-state index contributed by atoms with van der Waals surface area (Å²) in [5, 5.41) is 10.1. The highest BCUT2D eigenvalue weighted by atomic mass is 16.5. The highest BCUT2D eigenvalue weighted by Crippen LogP contribution is 2.19. The van der Waals surface area contributed by atoms with Gasteiger partial charge in [0.05, 0.1) is 5.60 Å². The number of ether oxygens (including phenoxy) is 1. The Morgan fingerprint density at radius 1 is 1.22 bits per heavy atom. The fourth-order valence-electron chi connectivity index (χ4n) is 1.77. The van der Waals surface area contributed by atoms with Gasteiger partial charge in [-0.15, -0.1) is 0 Å². The van der Waals surface area contributed by atoms with Gasteiger partial charge in [0.25, 0.3) is 0 Å². The summed E-state index contributed by atoms with van der Waals surface area (Å²) in [5.74, 6) is 0.795. The van der Waals surface area contributed by atoms with E-state index < -0.39 is 5.60 Å². The Hall–Kier alpha value is -1.06. The van der Waals surface area contributed by atoms with Gasteiger partial charge in [0.15, 0.2) is 0 Å². The van der Waals surface area contributed by atoms with Crippen molar-refractivity contribution in [3.05, 3.63) is 29.8 Å². The lowest BCUT2D eigenvalue weighted by Crippen LogP contribution is -2.34. The van der Waals surface area contributed by atoms with E-state index in [0.717, 1.165) is 12.2 Å². The SMILES string of the molecule is CCC(O)(CC)COc1ccc(CC(C)N)cc1. The summed E-state index contributed by atoms with van der Waals surface area (Å²) in [5.41, 5.74) is 6.24. The molecule has 0 fully saturated rings. The lowest BCUT2D eigenvalue weighted by Gasteiger charge is -2.25. The second kappa shape index (κ2) is 6.76. The van der Waals surface area contributed by atoms with Crippen molar-refractivity contribution < 1.29 is 9.84 Å². The standard InChI is InChI=1S/C15H25NO2/c1-4-15(17,5-2)11-18-14-8-6-13(7-9-14)10-12(3)16/h6-9,12,17H,4-5,10-11,16H2,1-3H3. The Morgan fingerprint density at radius 2 is 1.78 bits per heavy atom. The molecule has 0 bridgehead atoms. The van der Waals surface area contributed by atoms with E-state index in [1.165, 1.54) is 5.56 Å². The van der Waals surface area contributed by atoms with Gasteiger partial charge in [0.1, 0.15) is 12.4 Å². The van der Waals surface area contributed by atoms with Crippen molar-refractivity contribution in [2.45, 2.75) is 51.7 Å². The molecule has 0 aliphatic heterocycles. The average molecular weight is 251 g/mol. The maximum atomic E-state index is 10.1. The Bertz CT molecular complexity index is 342. The van der Waals surface area contributed by atoms with E-state index in [2.05, 4.69) is 0 Å². The molecule has 3 heteroatoms. The third-order valence-corrected chi connectivity index (χ3v) is 3.30. The first-order valence-electron chi connectivity index (χ1n) is 6.69. The molecule has 102 valence electrons. The molecule has 18 heavy (non-hydrogen) atoms. The number of hydrogen-bond acceptors (Lipinski definition) is 3. The van der Waals surface area contributed by atoms with Gasteiger partial charge in [-0.25, -0.2) is 0 Å². The first-order chi connectivity index (χ1) is 8.49. The van der Waals surface area contributed by atoms with Crippen LogP contribution in [0.5, 0.6) is 5.75 Å². The molecule has 0 aromatic heterocycles. The highest BCUT2D eigenvalue weighted by molar-refractivity contribution is 5.27. The third-order valence-electron chi connectivity index (χ3n) is 3.30. The first kappa shape index (κ1) is 15.0. The molecule has 0 amide bonds. The normalized spacial score (nSPS) is 13.4. The molecule has 0 spiro atoms. The van der Waals surface area contributed by atoms with Gasteiger partial charge in [-0.05, 0) is 43.9 Å². The smallest absolute Gasteiger partial charge is 0.119 e. The van der Waals surface area contributed by atoms with Crippen LogP contribution in [0.25, 0.3) is 0 Å². The minimum atomic E-state index is -0.718. The number of nitrogens with two attached hydrogens (primary N) is 1. The van der Waals surface area contributed by atoms with Crippen LogP contribution in [0.4, 0.5) is 0 Å². The molecule has 0 saturated carbocycles. The highest BCUT2D eigenvalue weighted by Gasteiger charge is 2.22. The van der Waals surface area contributed by atoms with Crippen LogP contribution in [-0.4, -0.2) is 23.4 Å². The Kier molecular flexibility index (Phi) is 5.63. The molecular formula is C15H25NO2. The maximum Gasteiger partial charge on any atom is 0.119 e. The van der Waals surface area contributed by atoms with Gasteiger partial charge in [-0.3, -0.25) is 0 Å². The van der Waals surface area contributed by atoms with E-state index in [1.54, 1.807) is 0 Å². The first-order valence-corrected chi connectivity index (χ1v) is 6.69. The van der Waals surface area contributed by atoms with Gasteiger partial charge >= 0.3 is 0 Å². The molecule has 1 unspecified atom stereocenters. The largest absolute Gasteiger partial charge is 0.491 e. The van der Waals surface area contributed by atoms with Crippen molar-refractivity contribution in [1.29, 1.82) is 0 Å². The van der Waals surface area contributed by atoms with Crippen LogP contribution in [0.3, 0.4) is 0 Å². The number of hydrogen-bond donors (Lipinski definition) is 2. The summed E-state index contributed by atoms with van der Waals surface area (Å²) >= 11 is 0. The average Bonchev–Trinajstić information content (AvgIpc) is 2.37. The molecule has 1 aromatic rings. The molecule has 1 atom stereocenters. The summed E-state index contributed by atoms with van der Waals surface area (Å²) in [4.78, 5) is 0. The predicted octanol–water partition coefficient (Wildman–Crippen LogP) is 2.51.